The minimum absolute atomic E-state index is 0.0614. The maximum atomic E-state index is 11.7. The van der Waals surface area contributed by atoms with Crippen LogP contribution in [-0.4, -0.2) is 47.2 Å². The summed E-state index contributed by atoms with van der Waals surface area (Å²) in [6.07, 6.45) is 13.1. The van der Waals surface area contributed by atoms with Gasteiger partial charge in [0.1, 0.15) is 17.9 Å². The van der Waals surface area contributed by atoms with Crippen LogP contribution in [0.4, 0.5) is 0 Å². The van der Waals surface area contributed by atoms with E-state index in [-0.39, 0.29) is 10.5 Å². The van der Waals surface area contributed by atoms with Gasteiger partial charge in [-0.15, -0.1) is 0 Å². The fourth-order valence-corrected chi connectivity index (χ4v) is 3.54. The van der Waals surface area contributed by atoms with E-state index in [1.54, 1.807) is 14.1 Å². The van der Waals surface area contributed by atoms with Gasteiger partial charge in [0.05, 0.1) is 20.1 Å². The van der Waals surface area contributed by atoms with Gasteiger partial charge in [0, 0.05) is 0 Å². The monoisotopic (exact) mass is 371 g/mol. The molecule has 1 N–H and O–H groups in total. The highest BCUT2D eigenvalue weighted by Gasteiger charge is 2.47. The highest BCUT2D eigenvalue weighted by atomic mass is 16.4. The third-order valence-electron chi connectivity index (χ3n) is 6.28. The summed E-state index contributed by atoms with van der Waals surface area (Å²) in [5.74, 6) is -2.39. The van der Waals surface area contributed by atoms with Crippen LogP contribution in [0.1, 0.15) is 97.8 Å². The SMILES string of the molecule is CCCCCCCCCCCCC(C)[N+](C)(C)C(C)(CC(=O)O)C(=O)[O-]. The summed E-state index contributed by atoms with van der Waals surface area (Å²) in [6.45, 7) is 5.74. The Hall–Kier alpha value is -1.10. The minimum Gasteiger partial charge on any atom is -0.544 e. The van der Waals surface area contributed by atoms with Gasteiger partial charge in [0.2, 0.25) is 0 Å². The van der Waals surface area contributed by atoms with Crippen molar-refractivity contribution in [2.24, 2.45) is 0 Å². The lowest BCUT2D eigenvalue weighted by molar-refractivity contribution is -0.953. The third kappa shape index (κ3) is 8.07. The van der Waals surface area contributed by atoms with Crippen LogP contribution in [0.5, 0.6) is 0 Å². The quantitative estimate of drug-likeness (QED) is 0.331. The van der Waals surface area contributed by atoms with Crippen LogP contribution in [0.25, 0.3) is 0 Å². The number of carboxylic acids is 2. The molecule has 0 radical (unpaired) electrons. The van der Waals surface area contributed by atoms with Crippen molar-refractivity contribution in [2.75, 3.05) is 14.1 Å². The Morgan fingerprint density at radius 3 is 1.77 bits per heavy atom. The summed E-state index contributed by atoms with van der Waals surface area (Å²) in [5.41, 5.74) is -1.43. The molecule has 0 aromatic carbocycles. The van der Waals surface area contributed by atoms with Crippen LogP contribution in [0.3, 0.4) is 0 Å². The molecule has 0 heterocycles. The Balaban J connectivity index is 4.22. The van der Waals surface area contributed by atoms with Crippen molar-refractivity contribution in [1.29, 1.82) is 0 Å². The van der Waals surface area contributed by atoms with E-state index in [4.69, 9.17) is 5.11 Å². The van der Waals surface area contributed by atoms with E-state index in [9.17, 15) is 14.7 Å². The molecule has 5 nitrogen and oxygen atoms in total. The van der Waals surface area contributed by atoms with Gasteiger partial charge in [-0.05, 0) is 26.7 Å². The number of carboxylic acid groups (broad SMARTS) is 2. The second-order valence-corrected chi connectivity index (χ2v) is 8.49. The van der Waals surface area contributed by atoms with E-state index >= 15 is 0 Å². The predicted octanol–water partition coefficient (Wildman–Crippen LogP) is 3.75. The fourth-order valence-electron chi connectivity index (χ4n) is 3.54. The van der Waals surface area contributed by atoms with Crippen molar-refractivity contribution in [2.45, 2.75) is 109 Å². The Labute approximate surface area is 160 Å². The lowest BCUT2D eigenvalue weighted by Crippen LogP contribution is -2.69. The van der Waals surface area contributed by atoms with Gasteiger partial charge in [0.15, 0.2) is 0 Å². The molecule has 0 aromatic rings. The van der Waals surface area contributed by atoms with Crippen LogP contribution in [0, 0.1) is 0 Å². The maximum absolute atomic E-state index is 11.7. The van der Waals surface area contributed by atoms with Gasteiger partial charge in [0.25, 0.3) is 0 Å². The summed E-state index contributed by atoms with van der Waals surface area (Å²) in [4.78, 5) is 22.8. The first-order valence-electron chi connectivity index (χ1n) is 10.4. The van der Waals surface area contributed by atoms with Crippen LogP contribution in [0.2, 0.25) is 0 Å². The summed E-state index contributed by atoms with van der Waals surface area (Å²) < 4.78 is 0.124. The molecule has 0 saturated heterocycles. The second-order valence-electron chi connectivity index (χ2n) is 8.49. The normalized spacial score (nSPS) is 15.4. The summed E-state index contributed by atoms with van der Waals surface area (Å²) >= 11 is 0. The molecule has 2 atom stereocenters. The summed E-state index contributed by atoms with van der Waals surface area (Å²) in [7, 11) is 3.61. The number of carbonyl (C=O) groups excluding carboxylic acids is 1. The molecule has 0 spiro atoms. The van der Waals surface area contributed by atoms with E-state index in [1.165, 1.54) is 58.3 Å². The zero-order chi connectivity index (χ0) is 20.2. The number of hydrogen-bond acceptors (Lipinski definition) is 3. The number of unbranched alkanes of at least 4 members (excludes halogenated alkanes) is 9. The van der Waals surface area contributed by atoms with Crippen molar-refractivity contribution >= 4 is 11.9 Å². The average Bonchev–Trinajstić information content (AvgIpc) is 2.55. The highest BCUT2D eigenvalue weighted by Crippen LogP contribution is 2.30. The van der Waals surface area contributed by atoms with E-state index in [2.05, 4.69) is 6.92 Å². The molecule has 5 heteroatoms. The second kappa shape index (κ2) is 12.3. The molecular formula is C21H41NO4. The minimum atomic E-state index is -1.43. The van der Waals surface area contributed by atoms with Crippen LogP contribution in [-0.2, 0) is 9.59 Å². The Morgan fingerprint density at radius 1 is 0.962 bits per heavy atom. The van der Waals surface area contributed by atoms with Crippen molar-refractivity contribution < 1.29 is 24.3 Å². The Kier molecular flexibility index (Phi) is 11.8. The van der Waals surface area contributed by atoms with Gasteiger partial charge < -0.3 is 19.5 Å². The molecule has 0 fully saturated rings. The molecule has 0 aromatic heterocycles. The molecule has 0 aliphatic carbocycles. The first-order valence-corrected chi connectivity index (χ1v) is 10.4. The smallest absolute Gasteiger partial charge is 0.310 e. The number of aliphatic carboxylic acids is 2. The van der Waals surface area contributed by atoms with Crippen molar-refractivity contribution in [3.05, 3.63) is 0 Å². The van der Waals surface area contributed by atoms with Crippen LogP contribution in [0.15, 0.2) is 0 Å². The largest absolute Gasteiger partial charge is 0.544 e. The Bertz CT molecular complexity index is 422. The average molecular weight is 372 g/mol. The van der Waals surface area contributed by atoms with Crippen molar-refractivity contribution in [3.8, 4) is 0 Å². The maximum Gasteiger partial charge on any atom is 0.310 e. The third-order valence-corrected chi connectivity index (χ3v) is 6.28. The van der Waals surface area contributed by atoms with Crippen molar-refractivity contribution in [3.63, 3.8) is 0 Å². The van der Waals surface area contributed by atoms with Crippen molar-refractivity contribution in [1.82, 2.24) is 0 Å². The lowest BCUT2D eigenvalue weighted by atomic mass is 9.90. The Morgan fingerprint density at radius 2 is 1.38 bits per heavy atom. The molecule has 0 amide bonds. The molecule has 0 aliphatic rings. The molecule has 0 rings (SSSR count). The summed E-state index contributed by atoms with van der Waals surface area (Å²) in [6, 6.07) is 0.0614. The van der Waals surface area contributed by atoms with E-state index in [0.717, 1.165) is 19.3 Å². The molecule has 154 valence electrons. The zero-order valence-electron chi connectivity index (χ0n) is 17.7. The fraction of sp³-hybridized carbons (Fsp3) is 0.905. The van der Waals surface area contributed by atoms with Crippen LogP contribution >= 0.6 is 0 Å². The topological polar surface area (TPSA) is 77.4 Å². The van der Waals surface area contributed by atoms with Gasteiger partial charge >= 0.3 is 5.97 Å². The molecule has 0 bridgehead atoms. The van der Waals surface area contributed by atoms with Gasteiger partial charge in [-0.1, -0.05) is 64.7 Å². The summed E-state index contributed by atoms with van der Waals surface area (Å²) in [5, 5.41) is 20.8. The standard InChI is InChI=1S/C21H41NO4/c1-6-7-8-9-10-11-12-13-14-15-16-18(2)22(4,5)21(3,20(25)26)17-19(23)24/h18H,6-17H2,1-5H3,(H-,23,24,25,26). The van der Waals surface area contributed by atoms with E-state index in [0.29, 0.717) is 0 Å². The molecular weight excluding hydrogens is 330 g/mol. The molecule has 26 heavy (non-hydrogen) atoms. The van der Waals surface area contributed by atoms with E-state index < -0.39 is 23.9 Å². The molecule has 2 unspecified atom stereocenters. The number of hydrogen-bond donors (Lipinski definition) is 1. The van der Waals surface area contributed by atoms with Gasteiger partial charge in [-0.2, -0.15) is 0 Å². The zero-order valence-corrected chi connectivity index (χ0v) is 17.7. The predicted molar refractivity (Wildman–Crippen MR) is 104 cm³/mol. The first-order chi connectivity index (χ1) is 12.1. The number of carbonyl (C=O) groups is 2. The number of nitrogens with zero attached hydrogens (tertiary/aromatic N) is 1. The lowest BCUT2D eigenvalue weighted by Gasteiger charge is -2.50. The van der Waals surface area contributed by atoms with Gasteiger partial charge in [-0.3, -0.25) is 4.79 Å². The first kappa shape index (κ1) is 24.9. The highest BCUT2D eigenvalue weighted by molar-refractivity contribution is 5.82. The van der Waals surface area contributed by atoms with E-state index in [1.807, 2.05) is 6.92 Å². The molecule has 0 aliphatic heterocycles. The molecule has 0 saturated carbocycles. The number of quaternary nitrogens is 1. The number of rotatable bonds is 16. The number of likely N-dealkylation sites (N-methyl/N-ethyl adjacent to an activating group) is 1. The van der Waals surface area contributed by atoms with Gasteiger partial charge in [-0.25, -0.2) is 0 Å². The van der Waals surface area contributed by atoms with Crippen LogP contribution < -0.4 is 5.11 Å².